The third-order valence-electron chi connectivity index (χ3n) is 1.43. The molecule has 0 aliphatic rings. The summed E-state index contributed by atoms with van der Waals surface area (Å²) in [6.07, 6.45) is 7.97. The van der Waals surface area contributed by atoms with Gasteiger partial charge in [0, 0.05) is 6.42 Å². The number of carbonyl (C=O) groups excluding carboxylic acids is 1. The van der Waals surface area contributed by atoms with Crippen LogP contribution in [-0.2, 0) is 4.79 Å². The molecule has 0 saturated heterocycles. The van der Waals surface area contributed by atoms with Gasteiger partial charge in [0.15, 0.2) is 0 Å². The summed E-state index contributed by atoms with van der Waals surface area (Å²) in [5.74, 6) is 0. The number of hydrogen-bond donors (Lipinski definition) is 0. The Labute approximate surface area is 64.8 Å². The lowest BCUT2D eigenvalue weighted by atomic mass is 10.1. The third kappa shape index (κ3) is 10.6. The van der Waals surface area contributed by atoms with E-state index >= 15 is 0 Å². The first-order valence-electron chi connectivity index (χ1n) is 3.85. The van der Waals surface area contributed by atoms with Crippen molar-refractivity contribution >= 4 is 6.29 Å². The van der Waals surface area contributed by atoms with Gasteiger partial charge in [0.05, 0.1) is 0 Å². The van der Waals surface area contributed by atoms with Crippen molar-refractivity contribution in [2.24, 2.45) is 0 Å². The van der Waals surface area contributed by atoms with E-state index in [9.17, 15) is 4.79 Å². The SMILES string of the molecule is C.CCCCCCCC=O. The monoisotopic (exact) mass is 144 g/mol. The Morgan fingerprint density at radius 1 is 1.10 bits per heavy atom. The summed E-state index contributed by atoms with van der Waals surface area (Å²) >= 11 is 0. The molecule has 0 bridgehead atoms. The van der Waals surface area contributed by atoms with Crippen LogP contribution in [0, 0.1) is 0 Å². The molecule has 62 valence electrons. The van der Waals surface area contributed by atoms with Gasteiger partial charge < -0.3 is 4.79 Å². The van der Waals surface area contributed by atoms with E-state index in [0.29, 0.717) is 0 Å². The minimum Gasteiger partial charge on any atom is -0.303 e. The molecule has 0 spiro atoms. The Balaban J connectivity index is 0. The summed E-state index contributed by atoms with van der Waals surface area (Å²) in [6.45, 7) is 2.19. The predicted molar refractivity (Wildman–Crippen MR) is 46.2 cm³/mol. The van der Waals surface area contributed by atoms with Crippen molar-refractivity contribution in [3.63, 3.8) is 0 Å². The van der Waals surface area contributed by atoms with E-state index in [1.807, 2.05) is 0 Å². The Morgan fingerprint density at radius 3 is 2.20 bits per heavy atom. The molecule has 0 atom stereocenters. The van der Waals surface area contributed by atoms with E-state index < -0.39 is 0 Å². The van der Waals surface area contributed by atoms with Gasteiger partial charge in [-0.2, -0.15) is 0 Å². The zero-order chi connectivity index (χ0) is 6.95. The number of carbonyl (C=O) groups is 1. The fraction of sp³-hybridized carbons (Fsp3) is 0.889. The first kappa shape index (κ1) is 12.4. The van der Waals surface area contributed by atoms with Gasteiger partial charge in [0.2, 0.25) is 0 Å². The second kappa shape index (κ2) is 11.5. The van der Waals surface area contributed by atoms with Crippen LogP contribution in [0.3, 0.4) is 0 Å². The number of hydrogen-bond acceptors (Lipinski definition) is 1. The molecule has 0 N–H and O–H groups in total. The summed E-state index contributed by atoms with van der Waals surface area (Å²) in [5, 5.41) is 0. The molecule has 0 fully saturated rings. The van der Waals surface area contributed by atoms with Crippen molar-refractivity contribution in [2.45, 2.75) is 52.9 Å². The van der Waals surface area contributed by atoms with Crippen LogP contribution < -0.4 is 0 Å². The lowest BCUT2D eigenvalue weighted by Gasteiger charge is -1.93. The smallest absolute Gasteiger partial charge is 0.119 e. The van der Waals surface area contributed by atoms with Gasteiger partial charge in [-0.05, 0) is 6.42 Å². The predicted octanol–water partition coefficient (Wildman–Crippen LogP) is 3.18. The standard InChI is InChI=1S/C8H16O.CH4/c1-2-3-4-5-6-7-8-9;/h8H,2-7H2,1H3;1H4. The van der Waals surface area contributed by atoms with Crippen LogP contribution in [0.5, 0.6) is 0 Å². The highest BCUT2D eigenvalue weighted by Crippen LogP contribution is 2.02. The van der Waals surface area contributed by atoms with Gasteiger partial charge in [-0.3, -0.25) is 0 Å². The number of rotatable bonds is 6. The average Bonchev–Trinajstić information content (AvgIpc) is 1.89. The van der Waals surface area contributed by atoms with Crippen LogP contribution in [-0.4, -0.2) is 6.29 Å². The van der Waals surface area contributed by atoms with Gasteiger partial charge in [-0.1, -0.05) is 40.0 Å². The fourth-order valence-corrected chi connectivity index (χ4v) is 0.831. The Hall–Kier alpha value is -0.330. The van der Waals surface area contributed by atoms with Gasteiger partial charge in [-0.25, -0.2) is 0 Å². The molecule has 0 unspecified atom stereocenters. The van der Waals surface area contributed by atoms with Gasteiger partial charge in [0.25, 0.3) is 0 Å². The molecule has 0 heterocycles. The van der Waals surface area contributed by atoms with Gasteiger partial charge >= 0.3 is 0 Å². The van der Waals surface area contributed by atoms with Gasteiger partial charge in [0.1, 0.15) is 6.29 Å². The summed E-state index contributed by atoms with van der Waals surface area (Å²) < 4.78 is 0. The normalized spacial score (nSPS) is 8.50. The summed E-state index contributed by atoms with van der Waals surface area (Å²) in [7, 11) is 0. The molecule has 0 aromatic carbocycles. The van der Waals surface area contributed by atoms with E-state index in [1.54, 1.807) is 0 Å². The van der Waals surface area contributed by atoms with E-state index in [2.05, 4.69) is 6.92 Å². The summed E-state index contributed by atoms with van der Waals surface area (Å²) in [5.41, 5.74) is 0. The molecule has 0 aliphatic heterocycles. The molecule has 0 radical (unpaired) electrons. The molecule has 1 nitrogen and oxygen atoms in total. The van der Waals surface area contributed by atoms with Crippen LogP contribution in [0.25, 0.3) is 0 Å². The largest absolute Gasteiger partial charge is 0.303 e. The zero-order valence-electron chi connectivity index (χ0n) is 6.23. The van der Waals surface area contributed by atoms with Crippen LogP contribution >= 0.6 is 0 Å². The number of aldehydes is 1. The Kier molecular flexibility index (Phi) is 14.2. The van der Waals surface area contributed by atoms with Gasteiger partial charge in [-0.15, -0.1) is 0 Å². The highest BCUT2D eigenvalue weighted by molar-refractivity contribution is 5.48. The maximum Gasteiger partial charge on any atom is 0.119 e. The first-order chi connectivity index (χ1) is 4.41. The first-order valence-corrected chi connectivity index (χ1v) is 3.85. The molecule has 0 rings (SSSR count). The second-order valence-corrected chi connectivity index (χ2v) is 2.37. The van der Waals surface area contributed by atoms with E-state index in [1.165, 1.54) is 25.7 Å². The van der Waals surface area contributed by atoms with Crippen LogP contribution in [0.4, 0.5) is 0 Å². The minimum absolute atomic E-state index is 0. The second-order valence-electron chi connectivity index (χ2n) is 2.37. The van der Waals surface area contributed by atoms with E-state index in [4.69, 9.17) is 0 Å². The molecule has 0 aromatic heterocycles. The van der Waals surface area contributed by atoms with Crippen molar-refractivity contribution in [2.75, 3.05) is 0 Å². The molecular weight excluding hydrogens is 124 g/mol. The zero-order valence-corrected chi connectivity index (χ0v) is 6.23. The van der Waals surface area contributed by atoms with Crippen LogP contribution in [0.1, 0.15) is 52.9 Å². The molecule has 0 aromatic rings. The molecule has 1 heteroatoms. The van der Waals surface area contributed by atoms with E-state index in [0.717, 1.165) is 19.1 Å². The van der Waals surface area contributed by atoms with Crippen molar-refractivity contribution in [3.05, 3.63) is 0 Å². The fourth-order valence-electron chi connectivity index (χ4n) is 0.831. The van der Waals surface area contributed by atoms with Crippen LogP contribution in [0.2, 0.25) is 0 Å². The van der Waals surface area contributed by atoms with Crippen molar-refractivity contribution in [1.82, 2.24) is 0 Å². The number of unbranched alkanes of at least 4 members (excludes halogenated alkanes) is 5. The van der Waals surface area contributed by atoms with Crippen molar-refractivity contribution < 1.29 is 4.79 Å². The maximum absolute atomic E-state index is 9.84. The third-order valence-corrected chi connectivity index (χ3v) is 1.43. The maximum atomic E-state index is 9.84. The summed E-state index contributed by atoms with van der Waals surface area (Å²) in [6, 6.07) is 0. The highest BCUT2D eigenvalue weighted by atomic mass is 16.1. The average molecular weight is 144 g/mol. The molecule has 0 aliphatic carbocycles. The quantitative estimate of drug-likeness (QED) is 0.413. The van der Waals surface area contributed by atoms with E-state index in [-0.39, 0.29) is 7.43 Å². The lowest BCUT2D eigenvalue weighted by Crippen LogP contribution is -1.78. The van der Waals surface area contributed by atoms with Crippen molar-refractivity contribution in [3.8, 4) is 0 Å². The Bertz CT molecular complexity index is 59.7. The summed E-state index contributed by atoms with van der Waals surface area (Å²) in [4.78, 5) is 9.84. The van der Waals surface area contributed by atoms with Crippen molar-refractivity contribution in [1.29, 1.82) is 0 Å². The lowest BCUT2D eigenvalue weighted by molar-refractivity contribution is -0.107. The topological polar surface area (TPSA) is 17.1 Å². The Morgan fingerprint density at radius 2 is 1.70 bits per heavy atom. The molecule has 0 saturated carbocycles. The minimum atomic E-state index is 0. The highest BCUT2D eigenvalue weighted by Gasteiger charge is 1.85. The van der Waals surface area contributed by atoms with Crippen LogP contribution in [0.15, 0.2) is 0 Å². The molecular formula is C9H20O. The molecule has 10 heavy (non-hydrogen) atoms. The molecule has 0 amide bonds.